The minimum atomic E-state index is -0.0857. The molecule has 0 aliphatic heterocycles. The Balaban J connectivity index is 2.99. The molecule has 0 aliphatic carbocycles. The Morgan fingerprint density at radius 1 is 1.47 bits per heavy atom. The summed E-state index contributed by atoms with van der Waals surface area (Å²) in [4.78, 5) is 17.7. The number of hydrogen-bond donors (Lipinski definition) is 0. The topological polar surface area (TPSA) is 42.4 Å². The van der Waals surface area contributed by atoms with Crippen LogP contribution >= 0.6 is 0 Å². The normalized spacial score (nSPS) is 9.80. The Morgan fingerprint density at radius 2 is 2.13 bits per heavy atom. The number of nitrogens with zero attached hydrogens (tertiary/aromatic N) is 2. The third-order valence-electron chi connectivity index (χ3n) is 2.24. The Morgan fingerprint density at radius 3 is 2.67 bits per heavy atom. The van der Waals surface area contributed by atoms with Crippen LogP contribution in [0.2, 0.25) is 0 Å². The maximum absolute atomic E-state index is 12.0. The summed E-state index contributed by atoms with van der Waals surface area (Å²) in [6, 6.07) is 3.49. The summed E-state index contributed by atoms with van der Waals surface area (Å²) in [5, 5.41) is 0. The fourth-order valence-electron chi connectivity index (χ4n) is 1.38. The number of carbonyl (C=O) groups is 1. The number of amides is 1. The average molecular weight is 208 g/mol. The van der Waals surface area contributed by atoms with Crippen LogP contribution < -0.4 is 4.74 Å². The second kappa shape index (κ2) is 5.34. The van der Waals surface area contributed by atoms with E-state index >= 15 is 0 Å². The molecule has 0 aromatic carbocycles. The quantitative estimate of drug-likeness (QED) is 0.754. The molecule has 0 N–H and O–H groups in total. The lowest BCUT2D eigenvalue weighted by atomic mass is 10.3. The van der Waals surface area contributed by atoms with Gasteiger partial charge in [0.1, 0.15) is 5.75 Å². The monoisotopic (exact) mass is 208 g/mol. The van der Waals surface area contributed by atoms with E-state index in [1.807, 2.05) is 13.8 Å². The van der Waals surface area contributed by atoms with E-state index in [2.05, 4.69) is 4.98 Å². The van der Waals surface area contributed by atoms with Gasteiger partial charge in [-0.05, 0) is 26.0 Å². The van der Waals surface area contributed by atoms with E-state index in [1.165, 1.54) is 7.11 Å². The highest BCUT2D eigenvalue weighted by atomic mass is 16.5. The lowest BCUT2D eigenvalue weighted by molar-refractivity contribution is 0.0763. The lowest BCUT2D eigenvalue weighted by Crippen LogP contribution is -2.31. The second-order valence-electron chi connectivity index (χ2n) is 3.03. The van der Waals surface area contributed by atoms with E-state index in [0.29, 0.717) is 24.5 Å². The fraction of sp³-hybridized carbons (Fsp3) is 0.455. The first-order valence-corrected chi connectivity index (χ1v) is 5.02. The van der Waals surface area contributed by atoms with Gasteiger partial charge in [0.25, 0.3) is 5.91 Å². The number of ether oxygens (including phenoxy) is 1. The van der Waals surface area contributed by atoms with Gasteiger partial charge in [-0.2, -0.15) is 0 Å². The number of pyridine rings is 1. The van der Waals surface area contributed by atoms with Crippen molar-refractivity contribution in [3.05, 3.63) is 24.0 Å². The summed E-state index contributed by atoms with van der Waals surface area (Å²) < 4.78 is 5.10. The average Bonchev–Trinajstić information content (AvgIpc) is 2.30. The second-order valence-corrected chi connectivity index (χ2v) is 3.03. The molecule has 1 heterocycles. The van der Waals surface area contributed by atoms with Crippen molar-refractivity contribution >= 4 is 5.91 Å². The van der Waals surface area contributed by atoms with E-state index in [-0.39, 0.29) is 5.91 Å². The molecule has 0 atom stereocenters. The van der Waals surface area contributed by atoms with Gasteiger partial charge < -0.3 is 9.64 Å². The zero-order chi connectivity index (χ0) is 11.3. The molecule has 0 bridgehead atoms. The third kappa shape index (κ3) is 2.46. The van der Waals surface area contributed by atoms with Gasteiger partial charge in [0, 0.05) is 19.3 Å². The molecule has 0 spiro atoms. The van der Waals surface area contributed by atoms with Crippen LogP contribution in [0.4, 0.5) is 0 Å². The number of rotatable bonds is 4. The standard InChI is InChI=1S/C11H16N2O2/c1-4-13(5-2)11(14)10-9(15-3)7-6-8-12-10/h6-8H,4-5H2,1-3H3. The zero-order valence-corrected chi connectivity index (χ0v) is 9.36. The first-order valence-electron chi connectivity index (χ1n) is 5.02. The van der Waals surface area contributed by atoms with Crippen molar-refractivity contribution in [3.63, 3.8) is 0 Å². The van der Waals surface area contributed by atoms with Crippen LogP contribution in [0.5, 0.6) is 5.75 Å². The van der Waals surface area contributed by atoms with E-state index in [9.17, 15) is 4.79 Å². The summed E-state index contributed by atoms with van der Waals surface area (Å²) in [6.45, 7) is 5.23. The smallest absolute Gasteiger partial charge is 0.276 e. The molecule has 4 nitrogen and oxygen atoms in total. The highest BCUT2D eigenvalue weighted by molar-refractivity contribution is 5.94. The molecule has 0 saturated carbocycles. The van der Waals surface area contributed by atoms with Crippen molar-refractivity contribution in [3.8, 4) is 5.75 Å². The van der Waals surface area contributed by atoms with Crippen LogP contribution in [-0.4, -0.2) is 36.0 Å². The predicted molar refractivity (Wildman–Crippen MR) is 58.0 cm³/mol. The van der Waals surface area contributed by atoms with Crippen LogP contribution in [0.3, 0.4) is 0 Å². The van der Waals surface area contributed by atoms with Gasteiger partial charge in [-0.25, -0.2) is 4.98 Å². The Hall–Kier alpha value is -1.58. The molecule has 1 rings (SSSR count). The van der Waals surface area contributed by atoms with Gasteiger partial charge in [0.15, 0.2) is 5.69 Å². The molecule has 0 unspecified atom stereocenters. The molecule has 0 fully saturated rings. The summed E-state index contributed by atoms with van der Waals surface area (Å²) in [5.74, 6) is 0.437. The SMILES string of the molecule is CCN(CC)C(=O)c1ncccc1OC. The van der Waals surface area contributed by atoms with Crippen LogP contribution in [0.15, 0.2) is 18.3 Å². The molecule has 15 heavy (non-hydrogen) atoms. The summed E-state index contributed by atoms with van der Waals surface area (Å²) in [6.07, 6.45) is 1.60. The summed E-state index contributed by atoms with van der Waals surface area (Å²) >= 11 is 0. The van der Waals surface area contributed by atoms with Gasteiger partial charge in [-0.3, -0.25) is 4.79 Å². The molecule has 1 aromatic rings. The Labute approximate surface area is 89.9 Å². The van der Waals surface area contributed by atoms with Gasteiger partial charge in [0.2, 0.25) is 0 Å². The Kier molecular flexibility index (Phi) is 4.09. The molecule has 4 heteroatoms. The van der Waals surface area contributed by atoms with Crippen LogP contribution in [-0.2, 0) is 0 Å². The van der Waals surface area contributed by atoms with E-state index in [1.54, 1.807) is 23.2 Å². The zero-order valence-electron chi connectivity index (χ0n) is 9.36. The first-order chi connectivity index (χ1) is 7.24. The van der Waals surface area contributed by atoms with E-state index in [4.69, 9.17) is 4.74 Å². The summed E-state index contributed by atoms with van der Waals surface area (Å²) in [5.41, 5.74) is 0.378. The third-order valence-corrected chi connectivity index (χ3v) is 2.24. The number of hydrogen-bond acceptors (Lipinski definition) is 3. The van der Waals surface area contributed by atoms with Crippen molar-refractivity contribution in [1.29, 1.82) is 0 Å². The van der Waals surface area contributed by atoms with Crippen molar-refractivity contribution in [2.75, 3.05) is 20.2 Å². The van der Waals surface area contributed by atoms with Crippen molar-refractivity contribution in [1.82, 2.24) is 9.88 Å². The molecule has 0 saturated heterocycles. The van der Waals surface area contributed by atoms with Gasteiger partial charge >= 0.3 is 0 Å². The number of aromatic nitrogens is 1. The maximum Gasteiger partial charge on any atom is 0.276 e. The fourth-order valence-corrected chi connectivity index (χ4v) is 1.38. The van der Waals surface area contributed by atoms with Gasteiger partial charge in [-0.1, -0.05) is 0 Å². The van der Waals surface area contributed by atoms with Crippen LogP contribution in [0, 0.1) is 0 Å². The van der Waals surface area contributed by atoms with Crippen molar-refractivity contribution < 1.29 is 9.53 Å². The highest BCUT2D eigenvalue weighted by Gasteiger charge is 2.17. The van der Waals surface area contributed by atoms with Crippen LogP contribution in [0.25, 0.3) is 0 Å². The van der Waals surface area contributed by atoms with Crippen molar-refractivity contribution in [2.24, 2.45) is 0 Å². The van der Waals surface area contributed by atoms with E-state index < -0.39 is 0 Å². The lowest BCUT2D eigenvalue weighted by Gasteiger charge is -2.18. The number of methoxy groups -OCH3 is 1. The van der Waals surface area contributed by atoms with Gasteiger partial charge in [-0.15, -0.1) is 0 Å². The first kappa shape index (κ1) is 11.5. The molecule has 0 radical (unpaired) electrons. The van der Waals surface area contributed by atoms with E-state index in [0.717, 1.165) is 0 Å². The largest absolute Gasteiger partial charge is 0.494 e. The molecular formula is C11H16N2O2. The minimum Gasteiger partial charge on any atom is -0.494 e. The molecule has 1 aromatic heterocycles. The number of carbonyl (C=O) groups excluding carboxylic acids is 1. The highest BCUT2D eigenvalue weighted by Crippen LogP contribution is 2.16. The van der Waals surface area contributed by atoms with Crippen LogP contribution in [0.1, 0.15) is 24.3 Å². The molecule has 0 aliphatic rings. The summed E-state index contributed by atoms with van der Waals surface area (Å²) in [7, 11) is 1.54. The predicted octanol–water partition coefficient (Wildman–Crippen LogP) is 1.57. The molecule has 1 amide bonds. The van der Waals surface area contributed by atoms with Gasteiger partial charge in [0.05, 0.1) is 7.11 Å². The Bertz CT molecular complexity index is 335. The molecular weight excluding hydrogens is 192 g/mol. The maximum atomic E-state index is 12.0. The minimum absolute atomic E-state index is 0.0857. The van der Waals surface area contributed by atoms with Crippen molar-refractivity contribution in [2.45, 2.75) is 13.8 Å². The molecule has 82 valence electrons.